The quantitative estimate of drug-likeness (QED) is 0.504. The molecule has 3 nitrogen and oxygen atoms in total. The molecule has 0 aromatic carbocycles. The Bertz CT molecular complexity index is 115. The Labute approximate surface area is 81.1 Å². The predicted octanol–water partition coefficient (Wildman–Crippen LogP) is 1.24. The van der Waals surface area contributed by atoms with Gasteiger partial charge in [0.2, 0.25) is 0 Å². The summed E-state index contributed by atoms with van der Waals surface area (Å²) in [4.78, 5) is 0. The number of thiol groups is 1. The van der Waals surface area contributed by atoms with Gasteiger partial charge in [-0.3, -0.25) is 0 Å². The van der Waals surface area contributed by atoms with Crippen LogP contribution in [0.3, 0.4) is 0 Å². The van der Waals surface area contributed by atoms with Crippen LogP contribution in [-0.2, 0) is 13.3 Å². The monoisotopic (exact) mass is 208 g/mol. The summed E-state index contributed by atoms with van der Waals surface area (Å²) in [5.74, 6) is 0. The first-order chi connectivity index (χ1) is 5.85. The van der Waals surface area contributed by atoms with Gasteiger partial charge in [0.1, 0.15) is 0 Å². The summed E-state index contributed by atoms with van der Waals surface area (Å²) in [6.45, 7) is 5.65. The largest absolute Gasteiger partial charge is 0.484 e. The van der Waals surface area contributed by atoms with Crippen molar-refractivity contribution < 1.29 is 13.3 Å². The lowest BCUT2D eigenvalue weighted by Gasteiger charge is -2.13. The highest BCUT2D eigenvalue weighted by molar-refractivity contribution is 7.83. The summed E-state index contributed by atoms with van der Waals surface area (Å²) in [6.07, 6.45) is 1.81. The standard InChI is InChI=1S/C7H16O3SSi/c1-3-8-12(9-4-2)10-6-5-7-11/h5,7,11-12H,3-4,6H2,1-2H3. The van der Waals surface area contributed by atoms with Gasteiger partial charge in [-0.05, 0) is 19.3 Å². The van der Waals surface area contributed by atoms with Crippen molar-refractivity contribution in [1.29, 1.82) is 0 Å². The lowest BCUT2D eigenvalue weighted by Crippen LogP contribution is -2.27. The van der Waals surface area contributed by atoms with Gasteiger partial charge in [-0.1, -0.05) is 6.08 Å². The molecule has 0 rings (SSSR count). The van der Waals surface area contributed by atoms with E-state index in [1.54, 1.807) is 11.5 Å². The van der Waals surface area contributed by atoms with Crippen LogP contribution in [0.5, 0.6) is 0 Å². The zero-order valence-electron chi connectivity index (χ0n) is 7.53. The number of rotatable bonds is 7. The Balaban J connectivity index is 3.47. The second-order valence-electron chi connectivity index (χ2n) is 1.92. The van der Waals surface area contributed by atoms with Crippen molar-refractivity contribution in [3.05, 3.63) is 11.5 Å². The van der Waals surface area contributed by atoms with Gasteiger partial charge in [0.15, 0.2) is 0 Å². The van der Waals surface area contributed by atoms with Crippen molar-refractivity contribution in [2.24, 2.45) is 0 Å². The van der Waals surface area contributed by atoms with E-state index in [-0.39, 0.29) is 0 Å². The summed E-state index contributed by atoms with van der Waals surface area (Å²) >= 11 is 3.90. The van der Waals surface area contributed by atoms with Gasteiger partial charge in [-0.25, -0.2) is 0 Å². The Morgan fingerprint density at radius 2 is 1.75 bits per heavy atom. The molecule has 0 aliphatic rings. The molecule has 0 heterocycles. The van der Waals surface area contributed by atoms with E-state index in [4.69, 9.17) is 13.3 Å². The van der Waals surface area contributed by atoms with Crippen LogP contribution in [0.4, 0.5) is 0 Å². The minimum Gasteiger partial charge on any atom is -0.376 e. The van der Waals surface area contributed by atoms with Crippen LogP contribution >= 0.6 is 12.6 Å². The molecule has 0 radical (unpaired) electrons. The fourth-order valence-electron chi connectivity index (χ4n) is 0.594. The molecule has 0 saturated carbocycles. The molecule has 0 atom stereocenters. The molecular formula is C7H16O3SSi. The summed E-state index contributed by atoms with van der Waals surface area (Å²) in [7, 11) is -1.85. The molecule has 12 heavy (non-hydrogen) atoms. The van der Waals surface area contributed by atoms with Crippen LogP contribution in [0.25, 0.3) is 0 Å². The van der Waals surface area contributed by atoms with Crippen LogP contribution in [-0.4, -0.2) is 29.3 Å². The summed E-state index contributed by atoms with van der Waals surface area (Å²) in [5, 5.41) is 1.64. The maximum Gasteiger partial charge on any atom is 0.484 e. The van der Waals surface area contributed by atoms with Gasteiger partial charge in [0.25, 0.3) is 0 Å². The molecule has 0 aliphatic heterocycles. The average Bonchev–Trinajstić information content (AvgIpc) is 2.06. The van der Waals surface area contributed by atoms with E-state index < -0.39 is 9.53 Å². The molecular weight excluding hydrogens is 192 g/mol. The number of hydrogen-bond donors (Lipinski definition) is 1. The van der Waals surface area contributed by atoms with Gasteiger partial charge >= 0.3 is 9.53 Å². The molecule has 0 fully saturated rings. The second-order valence-corrected chi connectivity index (χ2v) is 3.79. The Morgan fingerprint density at radius 1 is 1.17 bits per heavy atom. The van der Waals surface area contributed by atoms with Gasteiger partial charge in [0, 0.05) is 13.2 Å². The SMILES string of the molecule is CCO[SiH](OCC)OCC=CS. The highest BCUT2D eigenvalue weighted by Gasteiger charge is 2.11. The van der Waals surface area contributed by atoms with Crippen LogP contribution in [0, 0.1) is 0 Å². The van der Waals surface area contributed by atoms with Crippen molar-refractivity contribution >= 4 is 22.2 Å². The van der Waals surface area contributed by atoms with E-state index in [1.165, 1.54) is 0 Å². The molecule has 0 aromatic rings. The first-order valence-electron chi connectivity index (χ1n) is 3.99. The molecule has 0 bridgehead atoms. The first-order valence-corrected chi connectivity index (χ1v) is 5.92. The zero-order valence-corrected chi connectivity index (χ0v) is 9.57. The van der Waals surface area contributed by atoms with E-state index in [1.807, 2.05) is 13.8 Å². The molecule has 5 heteroatoms. The lowest BCUT2D eigenvalue weighted by atomic mass is 10.7. The van der Waals surface area contributed by atoms with Crippen LogP contribution < -0.4 is 0 Å². The third-order valence-corrected chi connectivity index (χ3v) is 2.93. The summed E-state index contributed by atoms with van der Waals surface area (Å²) in [5.41, 5.74) is 0. The molecule has 0 aliphatic carbocycles. The van der Waals surface area contributed by atoms with Crippen molar-refractivity contribution in [2.45, 2.75) is 13.8 Å². The fraction of sp³-hybridized carbons (Fsp3) is 0.714. The van der Waals surface area contributed by atoms with Crippen LogP contribution in [0.2, 0.25) is 0 Å². The normalized spacial score (nSPS) is 11.7. The van der Waals surface area contributed by atoms with Gasteiger partial charge in [-0.2, -0.15) is 12.6 Å². The minimum absolute atomic E-state index is 0.514. The average molecular weight is 208 g/mol. The van der Waals surface area contributed by atoms with Crippen LogP contribution in [0.1, 0.15) is 13.8 Å². The van der Waals surface area contributed by atoms with Gasteiger partial charge in [-0.15, -0.1) is 0 Å². The van der Waals surface area contributed by atoms with E-state index in [0.717, 1.165) is 0 Å². The Kier molecular flexibility index (Phi) is 9.42. The van der Waals surface area contributed by atoms with Gasteiger partial charge in [0.05, 0.1) is 6.61 Å². The van der Waals surface area contributed by atoms with Crippen molar-refractivity contribution in [1.82, 2.24) is 0 Å². The smallest absolute Gasteiger partial charge is 0.376 e. The maximum atomic E-state index is 5.32. The zero-order chi connectivity index (χ0) is 9.23. The molecule has 0 saturated heterocycles. The highest BCUT2D eigenvalue weighted by Crippen LogP contribution is 1.93. The van der Waals surface area contributed by atoms with Gasteiger partial charge < -0.3 is 13.3 Å². The van der Waals surface area contributed by atoms with E-state index in [9.17, 15) is 0 Å². The predicted molar refractivity (Wildman–Crippen MR) is 54.5 cm³/mol. The maximum absolute atomic E-state index is 5.32. The highest BCUT2D eigenvalue weighted by atomic mass is 32.1. The molecule has 72 valence electrons. The third kappa shape index (κ3) is 6.87. The van der Waals surface area contributed by atoms with Crippen molar-refractivity contribution in [2.75, 3.05) is 19.8 Å². The van der Waals surface area contributed by atoms with Crippen molar-refractivity contribution in [3.8, 4) is 0 Å². The molecule has 0 amide bonds. The lowest BCUT2D eigenvalue weighted by molar-refractivity contribution is 0.112. The van der Waals surface area contributed by atoms with Crippen molar-refractivity contribution in [3.63, 3.8) is 0 Å². The molecule has 0 unspecified atom stereocenters. The second kappa shape index (κ2) is 9.28. The molecule has 0 spiro atoms. The Hall–Kier alpha value is 0.187. The topological polar surface area (TPSA) is 27.7 Å². The summed E-state index contributed by atoms with van der Waals surface area (Å²) < 4.78 is 15.9. The van der Waals surface area contributed by atoms with Crippen LogP contribution in [0.15, 0.2) is 11.5 Å². The minimum atomic E-state index is -1.85. The molecule has 0 N–H and O–H groups in total. The summed E-state index contributed by atoms with van der Waals surface area (Å²) in [6, 6.07) is 0. The Morgan fingerprint density at radius 3 is 2.17 bits per heavy atom. The van der Waals surface area contributed by atoms with E-state index >= 15 is 0 Å². The first kappa shape index (κ1) is 12.2. The van der Waals surface area contributed by atoms with E-state index in [2.05, 4.69) is 12.6 Å². The number of hydrogen-bond acceptors (Lipinski definition) is 4. The molecule has 0 aromatic heterocycles. The van der Waals surface area contributed by atoms with E-state index in [0.29, 0.717) is 19.8 Å². The third-order valence-electron chi connectivity index (χ3n) is 1.04. The fourth-order valence-corrected chi connectivity index (χ4v) is 1.78.